The van der Waals surface area contributed by atoms with Gasteiger partial charge in [-0.25, -0.2) is 0 Å². The molecule has 28 heavy (non-hydrogen) atoms. The van der Waals surface area contributed by atoms with Crippen LogP contribution >= 0.6 is 22.9 Å². The summed E-state index contributed by atoms with van der Waals surface area (Å²) in [5, 5.41) is 4.85. The zero-order valence-electron chi connectivity index (χ0n) is 15.5. The molecule has 0 aliphatic rings. The minimum atomic E-state index is -0.0526. The van der Waals surface area contributed by atoms with E-state index in [-0.39, 0.29) is 5.91 Å². The summed E-state index contributed by atoms with van der Waals surface area (Å²) in [6.45, 7) is 2.49. The predicted octanol–water partition coefficient (Wildman–Crippen LogP) is 6.38. The van der Waals surface area contributed by atoms with Crippen LogP contribution in [-0.4, -0.2) is 5.91 Å². The van der Waals surface area contributed by atoms with Crippen molar-refractivity contribution in [1.82, 2.24) is 5.32 Å². The van der Waals surface area contributed by atoms with Crippen LogP contribution in [0.3, 0.4) is 0 Å². The molecule has 4 aromatic rings. The van der Waals surface area contributed by atoms with E-state index in [4.69, 9.17) is 11.6 Å². The molecule has 2 nitrogen and oxygen atoms in total. The van der Waals surface area contributed by atoms with Crippen LogP contribution in [0.5, 0.6) is 0 Å². The van der Waals surface area contributed by atoms with Crippen molar-refractivity contribution in [1.29, 1.82) is 0 Å². The fourth-order valence-corrected chi connectivity index (χ4v) is 4.61. The summed E-state index contributed by atoms with van der Waals surface area (Å²) < 4.78 is 1.13. The fourth-order valence-electron chi connectivity index (χ4n) is 3.27. The van der Waals surface area contributed by atoms with Crippen molar-refractivity contribution in [3.8, 4) is 0 Å². The number of aryl methyl sites for hydroxylation is 1. The second kappa shape index (κ2) is 8.17. The van der Waals surface area contributed by atoms with E-state index >= 15 is 0 Å². The molecule has 1 N–H and O–H groups in total. The zero-order valence-corrected chi connectivity index (χ0v) is 17.1. The maximum atomic E-state index is 13.0. The van der Waals surface area contributed by atoms with Crippen molar-refractivity contribution in [2.24, 2.45) is 0 Å². The molecule has 0 saturated carbocycles. The number of benzene rings is 3. The van der Waals surface area contributed by atoms with Gasteiger partial charge in [-0.2, -0.15) is 0 Å². The summed E-state index contributed by atoms with van der Waals surface area (Å²) in [6, 6.07) is 24.3. The number of carbonyl (C=O) groups is 1. The van der Waals surface area contributed by atoms with E-state index in [9.17, 15) is 4.79 Å². The van der Waals surface area contributed by atoms with Gasteiger partial charge >= 0.3 is 0 Å². The second-order valence-electron chi connectivity index (χ2n) is 6.84. The van der Waals surface area contributed by atoms with Crippen molar-refractivity contribution >= 4 is 38.9 Å². The standard InChI is InChI=1S/C24H20ClNOS/c1-16-10-12-17(13-11-16)14-20-19-7-3-5-9-22(19)28-23(20)24(27)26-15-18-6-2-4-8-21(18)25/h2-13H,14-15H2,1H3,(H,26,27). The number of hydrogen-bond acceptors (Lipinski definition) is 2. The Morgan fingerprint density at radius 3 is 2.46 bits per heavy atom. The predicted molar refractivity (Wildman–Crippen MR) is 118 cm³/mol. The van der Waals surface area contributed by atoms with E-state index < -0.39 is 0 Å². The zero-order chi connectivity index (χ0) is 19.5. The first-order valence-corrected chi connectivity index (χ1v) is 10.4. The summed E-state index contributed by atoms with van der Waals surface area (Å²) in [4.78, 5) is 13.8. The number of hydrogen-bond donors (Lipinski definition) is 1. The molecule has 0 bridgehead atoms. The van der Waals surface area contributed by atoms with E-state index in [1.165, 1.54) is 11.1 Å². The Labute approximate surface area is 173 Å². The van der Waals surface area contributed by atoms with Crippen molar-refractivity contribution in [3.63, 3.8) is 0 Å². The third kappa shape index (κ3) is 3.96. The molecule has 0 atom stereocenters. The summed E-state index contributed by atoms with van der Waals surface area (Å²) in [6.07, 6.45) is 0.735. The van der Waals surface area contributed by atoms with Gasteiger partial charge in [0, 0.05) is 16.3 Å². The monoisotopic (exact) mass is 405 g/mol. The Bertz CT molecular complexity index is 1130. The van der Waals surface area contributed by atoms with Crippen LogP contribution in [0.15, 0.2) is 72.8 Å². The Hall–Kier alpha value is -2.62. The van der Waals surface area contributed by atoms with E-state index in [2.05, 4.69) is 48.6 Å². The number of carbonyl (C=O) groups excluding carboxylic acids is 1. The molecule has 1 aromatic heterocycles. The minimum absolute atomic E-state index is 0.0526. The summed E-state index contributed by atoms with van der Waals surface area (Å²) in [7, 11) is 0. The van der Waals surface area contributed by atoms with Crippen molar-refractivity contribution in [3.05, 3.63) is 105 Å². The van der Waals surface area contributed by atoms with Gasteiger partial charge in [-0.05, 0) is 47.6 Å². The van der Waals surface area contributed by atoms with Crippen molar-refractivity contribution < 1.29 is 4.79 Å². The lowest BCUT2D eigenvalue weighted by Crippen LogP contribution is -2.23. The maximum absolute atomic E-state index is 13.0. The summed E-state index contributed by atoms with van der Waals surface area (Å²) in [5.41, 5.74) is 4.44. The maximum Gasteiger partial charge on any atom is 0.261 e. The Balaban J connectivity index is 1.64. The van der Waals surface area contributed by atoms with E-state index in [0.29, 0.717) is 11.6 Å². The molecule has 1 heterocycles. The molecule has 1 amide bonds. The Kier molecular flexibility index (Phi) is 5.47. The number of thiophene rings is 1. The van der Waals surface area contributed by atoms with Gasteiger partial charge < -0.3 is 5.32 Å². The first kappa shape index (κ1) is 18.7. The first-order chi connectivity index (χ1) is 13.6. The highest BCUT2D eigenvalue weighted by Crippen LogP contribution is 2.33. The SMILES string of the molecule is Cc1ccc(Cc2c(C(=O)NCc3ccccc3Cl)sc3ccccc23)cc1. The van der Waals surface area contributed by atoms with Crippen LogP contribution in [0.2, 0.25) is 5.02 Å². The Morgan fingerprint density at radius 1 is 0.964 bits per heavy atom. The van der Waals surface area contributed by atoms with Crippen LogP contribution in [0, 0.1) is 6.92 Å². The molecular weight excluding hydrogens is 386 g/mol. The quantitative estimate of drug-likeness (QED) is 0.409. The molecule has 0 fully saturated rings. The highest BCUT2D eigenvalue weighted by molar-refractivity contribution is 7.21. The van der Waals surface area contributed by atoms with Crippen LogP contribution in [-0.2, 0) is 13.0 Å². The van der Waals surface area contributed by atoms with Crippen molar-refractivity contribution in [2.75, 3.05) is 0 Å². The smallest absolute Gasteiger partial charge is 0.261 e. The largest absolute Gasteiger partial charge is 0.347 e. The molecule has 4 rings (SSSR count). The molecule has 3 aromatic carbocycles. The van der Waals surface area contributed by atoms with Gasteiger partial charge in [0.1, 0.15) is 0 Å². The van der Waals surface area contributed by atoms with Crippen LogP contribution in [0.4, 0.5) is 0 Å². The molecule has 4 heteroatoms. The highest BCUT2D eigenvalue weighted by Gasteiger charge is 2.18. The molecule has 0 spiro atoms. The number of halogens is 1. The highest BCUT2D eigenvalue weighted by atomic mass is 35.5. The van der Waals surface area contributed by atoms with E-state index in [1.54, 1.807) is 11.3 Å². The Morgan fingerprint density at radius 2 is 1.68 bits per heavy atom. The molecule has 0 radical (unpaired) electrons. The number of rotatable bonds is 5. The summed E-state index contributed by atoms with van der Waals surface area (Å²) >= 11 is 7.77. The third-order valence-corrected chi connectivity index (χ3v) is 6.38. The number of nitrogens with one attached hydrogen (secondary N) is 1. The van der Waals surface area contributed by atoms with Gasteiger partial charge in [0.2, 0.25) is 0 Å². The van der Waals surface area contributed by atoms with Gasteiger partial charge in [-0.15, -0.1) is 11.3 Å². The molecule has 0 aliphatic heterocycles. The van der Waals surface area contributed by atoms with Gasteiger partial charge in [0.15, 0.2) is 0 Å². The lowest BCUT2D eigenvalue weighted by Gasteiger charge is -2.08. The lowest BCUT2D eigenvalue weighted by molar-refractivity contribution is 0.0954. The van der Waals surface area contributed by atoms with Crippen LogP contribution in [0.1, 0.15) is 31.9 Å². The van der Waals surface area contributed by atoms with Crippen molar-refractivity contribution in [2.45, 2.75) is 19.9 Å². The van der Waals surface area contributed by atoms with Crippen LogP contribution < -0.4 is 5.32 Å². The average Bonchev–Trinajstić information content (AvgIpc) is 3.07. The van der Waals surface area contributed by atoms with Gasteiger partial charge in [0.25, 0.3) is 5.91 Å². The molecule has 140 valence electrons. The van der Waals surface area contributed by atoms with Crippen LogP contribution in [0.25, 0.3) is 10.1 Å². The number of amides is 1. The lowest BCUT2D eigenvalue weighted by atomic mass is 10.0. The molecular formula is C24H20ClNOS. The fraction of sp³-hybridized carbons (Fsp3) is 0.125. The number of fused-ring (bicyclic) bond motifs is 1. The summed E-state index contributed by atoms with van der Waals surface area (Å²) in [5.74, 6) is -0.0526. The van der Waals surface area contributed by atoms with Gasteiger partial charge in [-0.3, -0.25) is 4.79 Å². The van der Waals surface area contributed by atoms with Gasteiger partial charge in [-0.1, -0.05) is 77.8 Å². The second-order valence-corrected chi connectivity index (χ2v) is 8.30. The normalized spacial score (nSPS) is 10.9. The first-order valence-electron chi connectivity index (χ1n) is 9.19. The molecule has 0 aliphatic carbocycles. The topological polar surface area (TPSA) is 29.1 Å². The minimum Gasteiger partial charge on any atom is -0.347 e. The third-order valence-electron chi connectivity index (χ3n) is 4.80. The molecule has 0 saturated heterocycles. The average molecular weight is 406 g/mol. The molecule has 0 unspecified atom stereocenters. The van der Waals surface area contributed by atoms with E-state index in [1.807, 2.05) is 36.4 Å². The van der Waals surface area contributed by atoms with E-state index in [0.717, 1.165) is 32.5 Å². The van der Waals surface area contributed by atoms with Gasteiger partial charge in [0.05, 0.1) is 4.88 Å².